The van der Waals surface area contributed by atoms with Crippen LogP contribution in [0.1, 0.15) is 39.4 Å². The zero-order valence-electron chi connectivity index (χ0n) is 20.2. The summed E-state index contributed by atoms with van der Waals surface area (Å²) < 4.78 is 35.4. The lowest BCUT2D eigenvalue weighted by molar-refractivity contribution is -0.116. The number of rotatable bonds is 10. The Morgan fingerprint density at radius 3 is 2.49 bits per heavy atom. The molecule has 35 heavy (non-hydrogen) atoms. The van der Waals surface area contributed by atoms with Crippen molar-refractivity contribution >= 4 is 33.2 Å². The van der Waals surface area contributed by atoms with E-state index in [0.29, 0.717) is 5.75 Å². The highest BCUT2D eigenvalue weighted by molar-refractivity contribution is 7.90. The number of nitrogens with one attached hydrogen (secondary N) is 1. The molecule has 0 saturated heterocycles. The van der Waals surface area contributed by atoms with Gasteiger partial charge < -0.3 is 19.7 Å². The Hall–Kier alpha value is -3.51. The standard InChI is InChI=1S/C23H28N4O7S/c1-6-34-21-18(33-4)11-10-15(25-21)17(13-35(5,31)32)27-22(29)14-8-7-9-16(20(14)23(27)30)24-19(28)12-26(2)3/h7-11,17H,6,12-13H2,1-5H3,(H,24,28). The molecular formula is C23H28N4O7S. The molecule has 3 amide bonds. The molecule has 0 radical (unpaired) electrons. The summed E-state index contributed by atoms with van der Waals surface area (Å²) in [6.07, 6.45) is 1.01. The van der Waals surface area contributed by atoms with E-state index in [4.69, 9.17) is 9.47 Å². The second kappa shape index (κ2) is 10.4. The van der Waals surface area contributed by atoms with E-state index in [1.165, 1.54) is 31.4 Å². The van der Waals surface area contributed by atoms with Crippen LogP contribution in [0.25, 0.3) is 0 Å². The van der Waals surface area contributed by atoms with Crippen LogP contribution in [-0.4, -0.2) is 87.3 Å². The first-order chi connectivity index (χ1) is 16.5. The number of anilines is 1. The molecule has 1 aliphatic rings. The molecule has 1 unspecified atom stereocenters. The zero-order chi connectivity index (χ0) is 25.9. The van der Waals surface area contributed by atoms with Crippen molar-refractivity contribution in [2.75, 3.05) is 51.7 Å². The number of ether oxygens (including phenoxy) is 2. The number of carbonyl (C=O) groups is 3. The molecule has 0 saturated carbocycles. The van der Waals surface area contributed by atoms with Gasteiger partial charge in [-0.25, -0.2) is 13.4 Å². The van der Waals surface area contributed by atoms with Gasteiger partial charge in [-0.2, -0.15) is 0 Å². The summed E-state index contributed by atoms with van der Waals surface area (Å²) in [7, 11) is 1.22. The van der Waals surface area contributed by atoms with E-state index in [9.17, 15) is 22.8 Å². The molecule has 0 spiro atoms. The summed E-state index contributed by atoms with van der Waals surface area (Å²) in [5.41, 5.74) is 0.384. The van der Waals surface area contributed by atoms with Crippen molar-refractivity contribution in [3.8, 4) is 11.6 Å². The lowest BCUT2D eigenvalue weighted by Gasteiger charge is -2.26. The van der Waals surface area contributed by atoms with Crippen LogP contribution >= 0.6 is 0 Å². The van der Waals surface area contributed by atoms with Gasteiger partial charge in [0.1, 0.15) is 9.84 Å². The number of fused-ring (bicyclic) bond motifs is 1. The predicted octanol–water partition coefficient (Wildman–Crippen LogP) is 1.37. The molecule has 3 rings (SSSR count). The Bertz CT molecular complexity index is 1260. The van der Waals surface area contributed by atoms with Crippen LogP contribution in [0.5, 0.6) is 11.6 Å². The molecule has 0 fully saturated rings. The second-order valence-corrected chi connectivity index (χ2v) is 10.5. The minimum absolute atomic E-state index is 0.00153. The van der Waals surface area contributed by atoms with Gasteiger partial charge in [-0.05, 0) is 45.3 Å². The normalized spacial score (nSPS) is 14.2. The summed E-state index contributed by atoms with van der Waals surface area (Å²) in [5, 5.41) is 2.66. The number of nitrogens with zero attached hydrogens (tertiary/aromatic N) is 3. The Morgan fingerprint density at radius 1 is 1.17 bits per heavy atom. The number of hydrogen-bond acceptors (Lipinski definition) is 9. The van der Waals surface area contributed by atoms with Crippen molar-refractivity contribution in [1.82, 2.24) is 14.8 Å². The average Bonchev–Trinajstić information content (AvgIpc) is 3.02. The van der Waals surface area contributed by atoms with E-state index in [2.05, 4.69) is 10.3 Å². The van der Waals surface area contributed by atoms with Crippen LogP contribution in [0.15, 0.2) is 30.3 Å². The summed E-state index contributed by atoms with van der Waals surface area (Å²) in [6.45, 7) is 2.09. The van der Waals surface area contributed by atoms with Crippen LogP contribution in [0, 0.1) is 0 Å². The molecule has 11 nitrogen and oxygen atoms in total. The first-order valence-corrected chi connectivity index (χ1v) is 12.8. The van der Waals surface area contributed by atoms with Gasteiger partial charge in [0.15, 0.2) is 5.75 Å². The maximum absolute atomic E-state index is 13.5. The number of likely N-dealkylation sites (N-methyl/N-ethyl adjacent to an activating group) is 1. The SMILES string of the molecule is CCOc1nc(C(CS(C)(=O)=O)N2C(=O)c3cccc(NC(=O)CN(C)C)c3C2=O)ccc1OC. The number of benzene rings is 1. The number of methoxy groups -OCH3 is 1. The van der Waals surface area contributed by atoms with E-state index < -0.39 is 33.4 Å². The molecule has 2 heterocycles. The van der Waals surface area contributed by atoms with Crippen molar-refractivity contribution in [2.24, 2.45) is 0 Å². The Balaban J connectivity index is 2.07. The predicted molar refractivity (Wildman–Crippen MR) is 129 cm³/mol. The van der Waals surface area contributed by atoms with Crippen LogP contribution in [0.2, 0.25) is 0 Å². The first-order valence-electron chi connectivity index (χ1n) is 10.8. The van der Waals surface area contributed by atoms with Gasteiger partial charge in [-0.15, -0.1) is 0 Å². The highest BCUT2D eigenvalue weighted by Crippen LogP contribution is 2.37. The second-order valence-electron chi connectivity index (χ2n) is 8.28. The lowest BCUT2D eigenvalue weighted by Crippen LogP contribution is -2.38. The molecule has 0 bridgehead atoms. The Morgan fingerprint density at radius 2 is 1.89 bits per heavy atom. The largest absolute Gasteiger partial charge is 0.491 e. The van der Waals surface area contributed by atoms with Gasteiger partial charge in [0.25, 0.3) is 17.7 Å². The minimum atomic E-state index is -3.66. The summed E-state index contributed by atoms with van der Waals surface area (Å²) in [6, 6.07) is 6.32. The van der Waals surface area contributed by atoms with Crippen LogP contribution in [0.3, 0.4) is 0 Å². The van der Waals surface area contributed by atoms with Gasteiger partial charge in [0.05, 0.1) is 54.6 Å². The lowest BCUT2D eigenvalue weighted by atomic mass is 10.1. The van der Waals surface area contributed by atoms with Gasteiger partial charge in [0.2, 0.25) is 5.91 Å². The van der Waals surface area contributed by atoms with E-state index in [0.717, 1.165) is 11.2 Å². The molecule has 188 valence electrons. The first kappa shape index (κ1) is 26.1. The molecule has 1 aromatic heterocycles. The third-order valence-electron chi connectivity index (χ3n) is 5.14. The number of sulfone groups is 1. The Kier molecular flexibility index (Phi) is 7.76. The number of imide groups is 1. The molecule has 2 aromatic rings. The van der Waals surface area contributed by atoms with Crippen molar-refractivity contribution in [2.45, 2.75) is 13.0 Å². The van der Waals surface area contributed by atoms with E-state index in [1.54, 1.807) is 32.0 Å². The van der Waals surface area contributed by atoms with E-state index in [-0.39, 0.29) is 47.4 Å². The molecule has 1 atom stereocenters. The molecule has 0 aliphatic carbocycles. The van der Waals surface area contributed by atoms with Crippen LogP contribution < -0.4 is 14.8 Å². The third-order valence-corrected chi connectivity index (χ3v) is 6.06. The maximum atomic E-state index is 13.5. The molecular weight excluding hydrogens is 476 g/mol. The minimum Gasteiger partial charge on any atom is -0.491 e. The number of aromatic nitrogens is 1. The van der Waals surface area contributed by atoms with Crippen LogP contribution in [-0.2, 0) is 14.6 Å². The third kappa shape index (κ3) is 5.77. The number of amides is 3. The number of pyridine rings is 1. The fraction of sp³-hybridized carbons (Fsp3) is 0.391. The van der Waals surface area contributed by atoms with Gasteiger partial charge >= 0.3 is 0 Å². The van der Waals surface area contributed by atoms with Gasteiger partial charge in [-0.1, -0.05) is 6.07 Å². The monoisotopic (exact) mass is 504 g/mol. The number of carbonyl (C=O) groups excluding carboxylic acids is 3. The Labute approximate surface area is 203 Å². The van der Waals surface area contributed by atoms with Crippen LogP contribution in [0.4, 0.5) is 5.69 Å². The van der Waals surface area contributed by atoms with Crippen molar-refractivity contribution in [3.63, 3.8) is 0 Å². The smallest absolute Gasteiger partial charge is 0.264 e. The summed E-state index contributed by atoms with van der Waals surface area (Å²) in [5.74, 6) is -1.90. The molecule has 12 heteroatoms. The molecule has 1 N–H and O–H groups in total. The molecule has 1 aliphatic heterocycles. The summed E-state index contributed by atoms with van der Waals surface area (Å²) >= 11 is 0. The van der Waals surface area contributed by atoms with Gasteiger partial charge in [0, 0.05) is 6.26 Å². The van der Waals surface area contributed by atoms with E-state index >= 15 is 0 Å². The topological polar surface area (TPSA) is 135 Å². The fourth-order valence-corrected chi connectivity index (χ4v) is 4.66. The summed E-state index contributed by atoms with van der Waals surface area (Å²) in [4.78, 5) is 46.1. The van der Waals surface area contributed by atoms with Gasteiger partial charge in [-0.3, -0.25) is 19.3 Å². The zero-order valence-corrected chi connectivity index (χ0v) is 21.0. The highest BCUT2D eigenvalue weighted by Gasteiger charge is 2.44. The van der Waals surface area contributed by atoms with Crippen molar-refractivity contribution in [1.29, 1.82) is 0 Å². The fourth-order valence-electron chi connectivity index (χ4n) is 3.77. The quantitative estimate of drug-likeness (QED) is 0.476. The number of hydrogen-bond donors (Lipinski definition) is 1. The average molecular weight is 505 g/mol. The highest BCUT2D eigenvalue weighted by atomic mass is 32.2. The van der Waals surface area contributed by atoms with Crippen molar-refractivity contribution in [3.05, 3.63) is 47.2 Å². The van der Waals surface area contributed by atoms with E-state index in [1.807, 2.05) is 0 Å². The maximum Gasteiger partial charge on any atom is 0.264 e. The van der Waals surface area contributed by atoms with Crippen molar-refractivity contribution < 1.29 is 32.3 Å². The molecule has 1 aromatic carbocycles.